The number of ether oxygens (including phenoxy) is 1. The summed E-state index contributed by atoms with van der Waals surface area (Å²) in [6.45, 7) is 2.16. The van der Waals surface area contributed by atoms with Gasteiger partial charge in [-0.25, -0.2) is 8.42 Å². The maximum atomic E-state index is 12.6. The predicted octanol–water partition coefficient (Wildman–Crippen LogP) is 2.47. The number of carbonyl (C=O) groups excluding carboxylic acids is 1. The van der Waals surface area contributed by atoms with E-state index in [-0.39, 0.29) is 22.4 Å². The zero-order valence-electron chi connectivity index (χ0n) is 15.3. The quantitative estimate of drug-likeness (QED) is 0.619. The summed E-state index contributed by atoms with van der Waals surface area (Å²) in [5, 5.41) is 10.4. The molecule has 0 unspecified atom stereocenters. The molecule has 3 heterocycles. The summed E-state index contributed by atoms with van der Waals surface area (Å²) in [5.74, 6) is -0.0666. The molecule has 29 heavy (non-hydrogen) atoms. The van der Waals surface area contributed by atoms with E-state index in [4.69, 9.17) is 4.74 Å². The molecule has 11 heteroatoms. The fourth-order valence-corrected chi connectivity index (χ4v) is 5.53. The molecule has 3 aromatic rings. The zero-order valence-corrected chi connectivity index (χ0v) is 17.7. The van der Waals surface area contributed by atoms with Crippen LogP contribution in [0.5, 0.6) is 0 Å². The van der Waals surface area contributed by atoms with Crippen molar-refractivity contribution in [1.82, 2.24) is 15.1 Å². The van der Waals surface area contributed by atoms with Gasteiger partial charge in [-0.1, -0.05) is 29.5 Å². The molecular formula is C18H18N4O4S3. The van der Waals surface area contributed by atoms with Gasteiger partial charge in [-0.05, 0) is 29.1 Å². The molecule has 1 aromatic carbocycles. The Bertz CT molecular complexity index is 1070. The standard InChI is InChI=1S/C18H18N4O4S3/c23-17(22-7-9-26-10-8-22)12-16-19-20-18(28-16)21-29(24,25)14-5-3-13(4-6-14)15-2-1-11-27-15/h1-6,11H,7-10,12H2,(H,20,21). The molecule has 0 atom stereocenters. The minimum absolute atomic E-state index is 0.0666. The highest BCUT2D eigenvalue weighted by molar-refractivity contribution is 7.93. The van der Waals surface area contributed by atoms with Crippen molar-refractivity contribution < 1.29 is 17.9 Å². The van der Waals surface area contributed by atoms with Crippen molar-refractivity contribution in [2.75, 3.05) is 31.0 Å². The minimum Gasteiger partial charge on any atom is -0.378 e. The van der Waals surface area contributed by atoms with Crippen LogP contribution in [0.25, 0.3) is 10.4 Å². The number of thiophene rings is 1. The van der Waals surface area contributed by atoms with Crippen LogP contribution < -0.4 is 4.72 Å². The maximum absolute atomic E-state index is 12.6. The van der Waals surface area contributed by atoms with Crippen LogP contribution in [0.2, 0.25) is 0 Å². The molecule has 0 spiro atoms. The molecule has 0 bridgehead atoms. The molecule has 0 aliphatic carbocycles. The summed E-state index contributed by atoms with van der Waals surface area (Å²) in [4.78, 5) is 15.2. The average molecular weight is 451 g/mol. The zero-order chi connectivity index (χ0) is 20.3. The molecule has 0 saturated carbocycles. The first-order valence-corrected chi connectivity index (χ1v) is 12.0. The molecule has 1 N–H and O–H groups in total. The van der Waals surface area contributed by atoms with E-state index < -0.39 is 10.0 Å². The number of nitrogens with one attached hydrogen (secondary N) is 1. The number of aromatic nitrogens is 2. The number of morpholine rings is 1. The highest BCUT2D eigenvalue weighted by Gasteiger charge is 2.21. The summed E-state index contributed by atoms with van der Waals surface area (Å²) in [6, 6.07) is 10.6. The molecule has 0 radical (unpaired) electrons. The first-order valence-electron chi connectivity index (χ1n) is 8.86. The van der Waals surface area contributed by atoms with Gasteiger partial charge in [0.2, 0.25) is 11.0 Å². The van der Waals surface area contributed by atoms with E-state index in [1.807, 2.05) is 17.5 Å². The maximum Gasteiger partial charge on any atom is 0.263 e. The first kappa shape index (κ1) is 20.0. The average Bonchev–Trinajstić information content (AvgIpc) is 3.41. The Morgan fingerprint density at radius 1 is 1.14 bits per heavy atom. The third-order valence-corrected chi connectivity index (χ3v) is 7.57. The van der Waals surface area contributed by atoms with E-state index in [1.54, 1.807) is 40.5 Å². The Morgan fingerprint density at radius 3 is 2.59 bits per heavy atom. The van der Waals surface area contributed by atoms with Crippen LogP contribution in [0.1, 0.15) is 5.01 Å². The second-order valence-corrected chi connectivity index (χ2v) is 9.97. The third-order valence-electron chi connectivity index (χ3n) is 4.33. The molecule has 1 fully saturated rings. The molecule has 4 rings (SSSR count). The fraction of sp³-hybridized carbons (Fsp3) is 0.278. The molecule has 1 aliphatic heterocycles. The lowest BCUT2D eigenvalue weighted by molar-refractivity contribution is -0.134. The summed E-state index contributed by atoms with van der Waals surface area (Å²) >= 11 is 2.65. The normalized spacial score (nSPS) is 14.7. The van der Waals surface area contributed by atoms with E-state index in [0.29, 0.717) is 31.3 Å². The van der Waals surface area contributed by atoms with E-state index in [2.05, 4.69) is 14.9 Å². The van der Waals surface area contributed by atoms with Gasteiger partial charge in [-0.3, -0.25) is 9.52 Å². The topological polar surface area (TPSA) is 101 Å². The first-order chi connectivity index (χ1) is 14.0. The summed E-state index contributed by atoms with van der Waals surface area (Å²) < 4.78 is 32.9. The van der Waals surface area contributed by atoms with Crippen LogP contribution in [0, 0.1) is 0 Å². The second-order valence-electron chi connectivity index (χ2n) is 6.28. The van der Waals surface area contributed by atoms with Gasteiger partial charge in [0.15, 0.2) is 0 Å². The Morgan fingerprint density at radius 2 is 1.90 bits per heavy atom. The van der Waals surface area contributed by atoms with Crippen molar-refractivity contribution in [3.05, 3.63) is 46.8 Å². The molecule has 1 amide bonds. The smallest absolute Gasteiger partial charge is 0.263 e. The molecule has 152 valence electrons. The predicted molar refractivity (Wildman–Crippen MR) is 112 cm³/mol. The largest absolute Gasteiger partial charge is 0.378 e. The van der Waals surface area contributed by atoms with Crippen molar-refractivity contribution >= 4 is 43.7 Å². The lowest BCUT2D eigenvalue weighted by Crippen LogP contribution is -2.41. The van der Waals surface area contributed by atoms with Crippen LogP contribution in [-0.2, 0) is 26.0 Å². The summed E-state index contributed by atoms with van der Waals surface area (Å²) in [6.07, 6.45) is 0.0922. The van der Waals surface area contributed by atoms with Crippen molar-refractivity contribution in [3.63, 3.8) is 0 Å². The minimum atomic E-state index is -3.79. The Hall–Kier alpha value is -2.34. The highest BCUT2D eigenvalue weighted by atomic mass is 32.2. The van der Waals surface area contributed by atoms with E-state index >= 15 is 0 Å². The van der Waals surface area contributed by atoms with Gasteiger partial charge in [-0.2, -0.15) is 0 Å². The highest BCUT2D eigenvalue weighted by Crippen LogP contribution is 2.27. The number of nitrogens with zero attached hydrogens (tertiary/aromatic N) is 3. The van der Waals surface area contributed by atoms with Crippen molar-refractivity contribution in [2.45, 2.75) is 11.3 Å². The Balaban J connectivity index is 1.41. The number of hydrogen-bond donors (Lipinski definition) is 1. The van der Waals surface area contributed by atoms with Gasteiger partial charge in [0.1, 0.15) is 5.01 Å². The van der Waals surface area contributed by atoms with Crippen LogP contribution in [0.4, 0.5) is 5.13 Å². The van der Waals surface area contributed by atoms with Crippen LogP contribution >= 0.6 is 22.7 Å². The fourth-order valence-electron chi connectivity index (χ4n) is 2.84. The van der Waals surface area contributed by atoms with E-state index in [9.17, 15) is 13.2 Å². The SMILES string of the molecule is O=C(Cc1nnc(NS(=O)(=O)c2ccc(-c3cccs3)cc2)s1)N1CCOCC1. The van der Waals surface area contributed by atoms with E-state index in [1.165, 1.54) is 0 Å². The number of hydrogen-bond acceptors (Lipinski definition) is 8. The molecule has 1 aliphatic rings. The number of rotatable bonds is 6. The number of sulfonamides is 1. The lowest BCUT2D eigenvalue weighted by Gasteiger charge is -2.26. The van der Waals surface area contributed by atoms with Crippen molar-refractivity contribution in [1.29, 1.82) is 0 Å². The van der Waals surface area contributed by atoms with Gasteiger partial charge in [0.25, 0.3) is 10.0 Å². The van der Waals surface area contributed by atoms with Crippen LogP contribution in [-0.4, -0.2) is 55.7 Å². The molecule has 1 saturated heterocycles. The van der Waals surface area contributed by atoms with Crippen molar-refractivity contribution in [2.24, 2.45) is 0 Å². The monoisotopic (exact) mass is 450 g/mol. The number of anilines is 1. The number of benzene rings is 1. The van der Waals surface area contributed by atoms with Gasteiger partial charge in [0.05, 0.1) is 24.5 Å². The van der Waals surface area contributed by atoms with Gasteiger partial charge >= 0.3 is 0 Å². The van der Waals surface area contributed by atoms with Gasteiger partial charge in [-0.15, -0.1) is 21.5 Å². The lowest BCUT2D eigenvalue weighted by atomic mass is 10.2. The molecule has 8 nitrogen and oxygen atoms in total. The van der Waals surface area contributed by atoms with Gasteiger partial charge < -0.3 is 9.64 Å². The Labute approximate surface area is 176 Å². The number of amides is 1. The van der Waals surface area contributed by atoms with E-state index in [0.717, 1.165) is 21.8 Å². The molecule has 2 aromatic heterocycles. The summed E-state index contributed by atoms with van der Waals surface area (Å²) in [5.41, 5.74) is 0.957. The Kier molecular flexibility index (Phi) is 5.90. The molecular weight excluding hydrogens is 432 g/mol. The van der Waals surface area contributed by atoms with Gasteiger partial charge in [0, 0.05) is 18.0 Å². The van der Waals surface area contributed by atoms with Crippen molar-refractivity contribution in [3.8, 4) is 10.4 Å². The van der Waals surface area contributed by atoms with Crippen LogP contribution in [0.15, 0.2) is 46.7 Å². The summed E-state index contributed by atoms with van der Waals surface area (Å²) in [7, 11) is -3.79. The van der Waals surface area contributed by atoms with Crippen LogP contribution in [0.3, 0.4) is 0 Å². The third kappa shape index (κ3) is 4.81. The second kappa shape index (κ2) is 8.57. The number of carbonyl (C=O) groups is 1.